The Morgan fingerprint density at radius 3 is 2.93 bits per heavy atom. The van der Waals surface area contributed by atoms with Gasteiger partial charge < -0.3 is 14.8 Å². The maximum atomic E-state index is 9.85. The highest BCUT2D eigenvalue weighted by atomic mass is 16.5. The number of nitrogens with one attached hydrogen (secondary N) is 1. The lowest BCUT2D eigenvalue weighted by molar-refractivity contribution is 0.320. The fourth-order valence-corrected chi connectivity index (χ4v) is 1.58. The summed E-state index contributed by atoms with van der Waals surface area (Å²) in [7, 11) is 0. The molecule has 0 spiro atoms. The molecule has 1 aromatic heterocycles. The molecule has 0 atom stereocenters. The second-order valence-electron chi connectivity index (χ2n) is 3.26. The number of benzene rings is 1. The van der Waals surface area contributed by atoms with Crippen LogP contribution in [0.15, 0.2) is 18.2 Å². The quantitative estimate of drug-likeness (QED) is 0.766. The van der Waals surface area contributed by atoms with Gasteiger partial charge in [0.2, 0.25) is 0 Å². The van der Waals surface area contributed by atoms with Crippen molar-refractivity contribution < 1.29 is 9.84 Å². The van der Waals surface area contributed by atoms with E-state index in [0.717, 1.165) is 16.6 Å². The highest BCUT2D eigenvalue weighted by Crippen LogP contribution is 2.34. The Morgan fingerprint density at radius 1 is 1.43 bits per heavy atom. The molecule has 2 rings (SSSR count). The topological polar surface area (TPSA) is 45.2 Å². The van der Waals surface area contributed by atoms with E-state index < -0.39 is 0 Å². The molecule has 2 aromatic rings. The lowest BCUT2D eigenvalue weighted by Gasteiger charge is -2.05. The molecule has 0 radical (unpaired) electrons. The van der Waals surface area contributed by atoms with E-state index in [1.165, 1.54) is 0 Å². The Bertz CT molecular complexity index is 460. The summed E-state index contributed by atoms with van der Waals surface area (Å²) in [6, 6.07) is 5.59. The van der Waals surface area contributed by atoms with E-state index in [4.69, 9.17) is 4.74 Å². The van der Waals surface area contributed by atoms with Gasteiger partial charge in [-0.2, -0.15) is 0 Å². The van der Waals surface area contributed by atoms with Gasteiger partial charge >= 0.3 is 0 Å². The van der Waals surface area contributed by atoms with Gasteiger partial charge in [0, 0.05) is 16.6 Å². The second-order valence-corrected chi connectivity index (χ2v) is 3.26. The lowest BCUT2D eigenvalue weighted by atomic mass is 10.2. The fraction of sp³-hybridized carbons (Fsp3) is 0.273. The molecule has 0 fully saturated rings. The smallest absolute Gasteiger partial charge is 0.167 e. The molecule has 0 saturated carbocycles. The number of hydrogen-bond acceptors (Lipinski definition) is 2. The normalized spacial score (nSPS) is 10.7. The summed E-state index contributed by atoms with van der Waals surface area (Å²) in [4.78, 5) is 3.15. The third-order valence-electron chi connectivity index (χ3n) is 2.17. The Hall–Kier alpha value is -1.64. The van der Waals surface area contributed by atoms with Crippen LogP contribution in [0.5, 0.6) is 11.5 Å². The fourth-order valence-electron chi connectivity index (χ4n) is 1.58. The van der Waals surface area contributed by atoms with Gasteiger partial charge in [0.15, 0.2) is 11.5 Å². The van der Waals surface area contributed by atoms with E-state index in [1.54, 1.807) is 6.07 Å². The van der Waals surface area contributed by atoms with Crippen LogP contribution in [0.1, 0.15) is 12.6 Å². The van der Waals surface area contributed by atoms with Crippen molar-refractivity contribution in [3.05, 3.63) is 23.9 Å². The Labute approximate surface area is 82.3 Å². The first-order valence-electron chi connectivity index (χ1n) is 4.66. The first kappa shape index (κ1) is 8.94. The molecule has 3 heteroatoms. The maximum Gasteiger partial charge on any atom is 0.167 e. The van der Waals surface area contributed by atoms with Crippen molar-refractivity contribution in [2.75, 3.05) is 6.61 Å². The van der Waals surface area contributed by atoms with E-state index in [9.17, 15) is 5.11 Å². The lowest BCUT2D eigenvalue weighted by Crippen LogP contribution is -1.91. The summed E-state index contributed by atoms with van der Waals surface area (Å²) in [5.74, 6) is 0.757. The van der Waals surface area contributed by atoms with Crippen molar-refractivity contribution in [2.45, 2.75) is 13.8 Å². The highest BCUT2D eigenvalue weighted by Gasteiger charge is 2.08. The number of aromatic amines is 1. The number of hydrogen-bond donors (Lipinski definition) is 2. The molecular weight excluding hydrogens is 178 g/mol. The van der Waals surface area contributed by atoms with Crippen LogP contribution in [0.4, 0.5) is 0 Å². The molecule has 0 amide bonds. The third-order valence-corrected chi connectivity index (χ3v) is 2.17. The summed E-state index contributed by atoms with van der Waals surface area (Å²) >= 11 is 0. The van der Waals surface area contributed by atoms with Crippen molar-refractivity contribution >= 4 is 10.9 Å². The number of ether oxygens (including phenoxy) is 1. The molecule has 0 aliphatic heterocycles. The van der Waals surface area contributed by atoms with Gasteiger partial charge in [-0.05, 0) is 32.0 Å². The van der Waals surface area contributed by atoms with Crippen LogP contribution in [0.25, 0.3) is 10.9 Å². The number of rotatable bonds is 2. The third kappa shape index (κ3) is 1.31. The minimum absolute atomic E-state index is 0.216. The summed E-state index contributed by atoms with van der Waals surface area (Å²) in [5, 5.41) is 10.7. The first-order valence-corrected chi connectivity index (χ1v) is 4.66. The Morgan fingerprint density at radius 2 is 2.21 bits per heavy atom. The molecule has 0 bridgehead atoms. The zero-order valence-corrected chi connectivity index (χ0v) is 8.29. The van der Waals surface area contributed by atoms with Crippen molar-refractivity contribution in [2.24, 2.45) is 0 Å². The molecule has 14 heavy (non-hydrogen) atoms. The van der Waals surface area contributed by atoms with E-state index in [1.807, 2.05) is 26.0 Å². The average molecular weight is 191 g/mol. The number of phenols is 1. The number of aryl methyl sites for hydroxylation is 1. The van der Waals surface area contributed by atoms with Crippen LogP contribution in [0, 0.1) is 6.92 Å². The van der Waals surface area contributed by atoms with Gasteiger partial charge in [0.1, 0.15) is 0 Å². The molecule has 0 aliphatic carbocycles. The van der Waals surface area contributed by atoms with Gasteiger partial charge in [-0.3, -0.25) is 0 Å². The molecule has 3 nitrogen and oxygen atoms in total. The number of H-pyrrole nitrogens is 1. The van der Waals surface area contributed by atoms with Gasteiger partial charge in [-0.1, -0.05) is 0 Å². The summed E-state index contributed by atoms with van der Waals surface area (Å²) in [6.45, 7) is 4.41. The molecular formula is C11H13NO2. The molecule has 0 aliphatic rings. The summed E-state index contributed by atoms with van der Waals surface area (Å²) in [5.41, 5.74) is 1.97. The predicted molar refractivity (Wildman–Crippen MR) is 55.9 cm³/mol. The monoisotopic (exact) mass is 191 g/mol. The maximum absolute atomic E-state index is 9.85. The SMILES string of the molecule is CCOc1ccc2[nH]c(C)cc2c1O. The van der Waals surface area contributed by atoms with E-state index in [-0.39, 0.29) is 5.75 Å². The van der Waals surface area contributed by atoms with Crippen LogP contribution in [0.2, 0.25) is 0 Å². The van der Waals surface area contributed by atoms with Crippen LogP contribution >= 0.6 is 0 Å². The number of phenolic OH excluding ortho intramolecular Hbond substituents is 1. The van der Waals surface area contributed by atoms with Crippen molar-refractivity contribution in [3.8, 4) is 11.5 Å². The number of aromatic hydroxyl groups is 1. The van der Waals surface area contributed by atoms with Gasteiger partial charge in [-0.25, -0.2) is 0 Å². The number of fused-ring (bicyclic) bond motifs is 1. The van der Waals surface area contributed by atoms with Crippen molar-refractivity contribution in [1.29, 1.82) is 0 Å². The summed E-state index contributed by atoms with van der Waals surface area (Å²) < 4.78 is 5.29. The zero-order valence-electron chi connectivity index (χ0n) is 8.29. The molecule has 0 unspecified atom stereocenters. The van der Waals surface area contributed by atoms with Crippen LogP contribution < -0.4 is 4.74 Å². The van der Waals surface area contributed by atoms with E-state index >= 15 is 0 Å². The Kier molecular flexibility index (Phi) is 2.08. The number of aromatic nitrogens is 1. The van der Waals surface area contributed by atoms with Crippen molar-refractivity contribution in [1.82, 2.24) is 4.98 Å². The zero-order chi connectivity index (χ0) is 10.1. The molecule has 1 aromatic carbocycles. The minimum Gasteiger partial charge on any atom is -0.504 e. The van der Waals surface area contributed by atoms with E-state index in [2.05, 4.69) is 4.98 Å². The minimum atomic E-state index is 0.216. The first-order chi connectivity index (χ1) is 6.72. The van der Waals surface area contributed by atoms with Crippen LogP contribution in [-0.4, -0.2) is 16.7 Å². The van der Waals surface area contributed by atoms with Crippen LogP contribution in [-0.2, 0) is 0 Å². The van der Waals surface area contributed by atoms with Gasteiger partial charge in [0.05, 0.1) is 6.61 Å². The molecule has 2 N–H and O–H groups in total. The van der Waals surface area contributed by atoms with Gasteiger partial charge in [0.25, 0.3) is 0 Å². The van der Waals surface area contributed by atoms with Gasteiger partial charge in [-0.15, -0.1) is 0 Å². The second kappa shape index (κ2) is 3.25. The van der Waals surface area contributed by atoms with Crippen molar-refractivity contribution in [3.63, 3.8) is 0 Å². The largest absolute Gasteiger partial charge is 0.504 e. The molecule has 1 heterocycles. The Balaban J connectivity index is 2.61. The van der Waals surface area contributed by atoms with Crippen LogP contribution in [0.3, 0.4) is 0 Å². The predicted octanol–water partition coefficient (Wildman–Crippen LogP) is 2.58. The average Bonchev–Trinajstić information content (AvgIpc) is 2.52. The standard InChI is InChI=1S/C11H13NO2/c1-3-14-10-5-4-9-8(11(10)13)6-7(2)12-9/h4-6,12-13H,3H2,1-2H3. The highest BCUT2D eigenvalue weighted by molar-refractivity contribution is 5.88. The summed E-state index contributed by atoms with van der Waals surface area (Å²) in [6.07, 6.45) is 0. The van der Waals surface area contributed by atoms with E-state index in [0.29, 0.717) is 12.4 Å². The molecule has 0 saturated heterocycles. The molecule has 74 valence electrons.